The van der Waals surface area contributed by atoms with Crippen LogP contribution in [0.25, 0.3) is 0 Å². The summed E-state index contributed by atoms with van der Waals surface area (Å²) in [5, 5.41) is 44.3. The van der Waals surface area contributed by atoms with Crippen LogP contribution in [0, 0.1) is 0 Å². The number of hydrogen-bond donors (Lipinski definition) is 6. The van der Waals surface area contributed by atoms with Crippen LogP contribution in [0.4, 0.5) is 0 Å². The molecule has 0 aromatic rings. The molecule has 134 valence electrons. The average Bonchev–Trinajstić information content (AvgIpc) is 2.18. The first-order valence-corrected chi connectivity index (χ1v) is 3.32. The minimum absolute atomic E-state index is 0. The maximum atomic E-state index is 9.10. The number of rotatable bonds is 0. The van der Waals surface area contributed by atoms with Crippen LogP contribution in [0.2, 0.25) is 0 Å². The fraction of sp³-hybridized carbons (Fsp3) is 0. The van der Waals surface area contributed by atoms with Gasteiger partial charge in [0, 0.05) is 34.1 Å². The molecule has 0 saturated carbocycles. The van der Waals surface area contributed by atoms with Gasteiger partial charge in [-0.1, -0.05) is 0 Å². The smallest absolute Gasteiger partial charge is 0.414 e. The van der Waals surface area contributed by atoms with Gasteiger partial charge in [-0.05, 0) is 0 Å². The predicted molar refractivity (Wildman–Crippen MR) is 53.0 cm³/mol. The second-order valence-corrected chi connectivity index (χ2v) is 1.83. The Morgan fingerprint density at radius 2 is 0.409 bits per heavy atom. The Balaban J connectivity index is -0.0000000281. The van der Waals surface area contributed by atoms with Crippen molar-refractivity contribution in [3.05, 3.63) is 0 Å². The van der Waals surface area contributed by atoms with Gasteiger partial charge in [-0.2, -0.15) is 0 Å². The van der Waals surface area contributed by atoms with Crippen LogP contribution in [0.5, 0.6) is 0 Å². The van der Waals surface area contributed by atoms with Crippen molar-refractivity contribution in [3.8, 4) is 0 Å². The minimum atomic E-state index is -1.82. The zero-order chi connectivity index (χ0) is 15.5. The number of hydrogen-bond acceptors (Lipinski definition) is 6. The van der Waals surface area contributed by atoms with Gasteiger partial charge < -0.3 is 41.6 Å². The van der Waals surface area contributed by atoms with E-state index in [1.54, 1.807) is 0 Å². The van der Waals surface area contributed by atoms with Crippen molar-refractivity contribution in [3.63, 3.8) is 0 Å². The van der Waals surface area contributed by atoms with Crippen molar-refractivity contribution < 1.29 is 104 Å². The Kier molecular flexibility index (Phi) is 46.3. The Morgan fingerprint density at radius 3 is 0.409 bits per heavy atom. The number of carboxylic acids is 6. The van der Waals surface area contributed by atoms with Gasteiger partial charge in [0.05, 0.1) is 0 Å². The summed E-state index contributed by atoms with van der Waals surface area (Å²) in [5.74, 6) is -10.9. The standard InChI is InChI=1S/3C2H2O4.2Fe.2H2O/c3*3-1(4)2(5)6;;;;/h3*(H,3,4)(H,5,6);;;2*1H2. The summed E-state index contributed by atoms with van der Waals surface area (Å²) in [5.41, 5.74) is 0. The largest absolute Gasteiger partial charge is 0.473 e. The molecule has 0 rings (SSSR count). The molecule has 0 aromatic heterocycles. The topological polar surface area (TPSA) is 287 Å². The van der Waals surface area contributed by atoms with E-state index in [0.717, 1.165) is 0 Å². The molecule has 0 aromatic carbocycles. The zero-order valence-corrected chi connectivity index (χ0v) is 12.0. The summed E-state index contributed by atoms with van der Waals surface area (Å²) in [7, 11) is 0. The van der Waals surface area contributed by atoms with Crippen molar-refractivity contribution in [2.75, 3.05) is 0 Å². The first kappa shape index (κ1) is 42.7. The molecule has 0 aliphatic carbocycles. The van der Waals surface area contributed by atoms with E-state index in [9.17, 15) is 0 Å². The Morgan fingerprint density at radius 1 is 0.364 bits per heavy atom. The second kappa shape index (κ2) is 23.8. The summed E-state index contributed by atoms with van der Waals surface area (Å²) in [6.45, 7) is 0. The number of aliphatic carboxylic acids is 6. The van der Waals surface area contributed by atoms with Crippen LogP contribution in [-0.4, -0.2) is 77.4 Å². The third-order valence-corrected chi connectivity index (χ3v) is 0.549. The molecular weight excluding hydrogens is 408 g/mol. The van der Waals surface area contributed by atoms with Gasteiger partial charge in [0.2, 0.25) is 0 Å². The van der Waals surface area contributed by atoms with Crippen LogP contribution < -0.4 is 0 Å². The number of carboxylic acid groups (broad SMARTS) is 6. The van der Waals surface area contributed by atoms with E-state index in [-0.39, 0.29) is 45.1 Å². The molecule has 0 fully saturated rings. The van der Waals surface area contributed by atoms with E-state index < -0.39 is 35.8 Å². The quantitative estimate of drug-likeness (QED) is 0.161. The molecule has 0 bridgehead atoms. The molecule has 0 unspecified atom stereocenters. The maximum absolute atomic E-state index is 9.10. The van der Waals surface area contributed by atoms with Gasteiger partial charge >= 0.3 is 35.8 Å². The van der Waals surface area contributed by atoms with Crippen molar-refractivity contribution in [2.45, 2.75) is 0 Å². The van der Waals surface area contributed by atoms with Crippen LogP contribution in [0.3, 0.4) is 0 Å². The fourth-order valence-corrected chi connectivity index (χ4v) is 0. The van der Waals surface area contributed by atoms with Crippen molar-refractivity contribution in [2.24, 2.45) is 0 Å². The molecule has 10 N–H and O–H groups in total. The average molecular weight is 418 g/mol. The number of carbonyl (C=O) groups is 6. The Labute approximate surface area is 140 Å². The molecule has 0 spiro atoms. The Hall–Kier alpha value is -2.22. The molecule has 0 atom stereocenters. The first-order valence-electron chi connectivity index (χ1n) is 3.32. The third-order valence-electron chi connectivity index (χ3n) is 0.549. The molecule has 0 saturated heterocycles. The second-order valence-electron chi connectivity index (χ2n) is 1.83. The van der Waals surface area contributed by atoms with E-state index in [1.165, 1.54) is 0 Å². The van der Waals surface area contributed by atoms with Gasteiger partial charge in [-0.25, -0.2) is 28.8 Å². The van der Waals surface area contributed by atoms with E-state index in [4.69, 9.17) is 59.4 Å². The third kappa shape index (κ3) is 52.3. The normalized spacial score (nSPS) is 6.00. The molecule has 0 heterocycles. The van der Waals surface area contributed by atoms with Gasteiger partial charge in [-0.3, -0.25) is 0 Å². The predicted octanol–water partition coefficient (Wildman–Crippen LogP) is -4.19. The van der Waals surface area contributed by atoms with E-state index in [1.807, 2.05) is 0 Å². The molecule has 16 heteroatoms. The minimum Gasteiger partial charge on any atom is -0.473 e. The monoisotopic (exact) mass is 418 g/mol. The van der Waals surface area contributed by atoms with Crippen LogP contribution in [0.1, 0.15) is 0 Å². The molecule has 0 aliphatic rings. The molecular formula is C6H10Fe2O14. The maximum Gasteiger partial charge on any atom is 0.414 e. The molecule has 22 heavy (non-hydrogen) atoms. The molecule has 0 radical (unpaired) electrons. The van der Waals surface area contributed by atoms with E-state index in [2.05, 4.69) is 0 Å². The Bertz CT molecular complexity index is 282. The first-order chi connectivity index (χ1) is 7.93. The van der Waals surface area contributed by atoms with E-state index >= 15 is 0 Å². The fourth-order valence-electron chi connectivity index (χ4n) is 0. The molecule has 14 nitrogen and oxygen atoms in total. The van der Waals surface area contributed by atoms with Gasteiger partial charge in [0.15, 0.2) is 0 Å². The van der Waals surface area contributed by atoms with Crippen molar-refractivity contribution in [1.82, 2.24) is 0 Å². The van der Waals surface area contributed by atoms with Crippen LogP contribution >= 0.6 is 0 Å². The van der Waals surface area contributed by atoms with E-state index in [0.29, 0.717) is 0 Å². The summed E-state index contributed by atoms with van der Waals surface area (Å²) in [6.07, 6.45) is 0. The van der Waals surface area contributed by atoms with Gasteiger partial charge in [0.25, 0.3) is 0 Å². The summed E-state index contributed by atoms with van der Waals surface area (Å²) < 4.78 is 0. The molecule has 0 aliphatic heterocycles. The van der Waals surface area contributed by atoms with Gasteiger partial charge in [0.1, 0.15) is 0 Å². The SMILES string of the molecule is O.O.O=C(O)C(=O)O.O=C(O)C(=O)O.O=C(O)C(=O)O.[Fe].[Fe]. The van der Waals surface area contributed by atoms with Crippen molar-refractivity contribution >= 4 is 35.8 Å². The summed E-state index contributed by atoms with van der Waals surface area (Å²) in [4.78, 5) is 54.6. The summed E-state index contributed by atoms with van der Waals surface area (Å²) >= 11 is 0. The zero-order valence-electron chi connectivity index (χ0n) is 9.84. The summed E-state index contributed by atoms with van der Waals surface area (Å²) in [6, 6.07) is 0. The van der Waals surface area contributed by atoms with Gasteiger partial charge in [-0.15, -0.1) is 0 Å². The van der Waals surface area contributed by atoms with Crippen LogP contribution in [0.15, 0.2) is 0 Å². The molecule has 0 amide bonds. The van der Waals surface area contributed by atoms with Crippen molar-refractivity contribution in [1.29, 1.82) is 0 Å². The van der Waals surface area contributed by atoms with Crippen LogP contribution in [-0.2, 0) is 62.9 Å².